The van der Waals surface area contributed by atoms with Crippen LogP contribution in [0.5, 0.6) is 0 Å². The molecule has 4 amide bonds. The number of nitrogens with zero attached hydrogens (tertiary/aromatic N) is 5. The van der Waals surface area contributed by atoms with Crippen LogP contribution in [-0.2, 0) is 10.9 Å². The maximum Gasteiger partial charge on any atom is 0.417 e. The molecule has 0 unspecified atom stereocenters. The fourth-order valence-corrected chi connectivity index (χ4v) is 4.11. The van der Waals surface area contributed by atoms with E-state index in [1.54, 1.807) is 33.7 Å². The number of amides is 4. The van der Waals surface area contributed by atoms with Crippen molar-refractivity contribution in [1.29, 1.82) is 0 Å². The lowest BCUT2D eigenvalue weighted by Crippen LogP contribution is -2.43. The molecular weight excluding hydrogens is 541 g/mol. The summed E-state index contributed by atoms with van der Waals surface area (Å²) in [6, 6.07) is 8.63. The van der Waals surface area contributed by atoms with Gasteiger partial charge in [-0.3, -0.25) is 9.88 Å². The van der Waals surface area contributed by atoms with Crippen LogP contribution >= 0.6 is 11.6 Å². The topological polar surface area (TPSA) is 126 Å². The van der Waals surface area contributed by atoms with Gasteiger partial charge in [-0.25, -0.2) is 24.5 Å². The van der Waals surface area contributed by atoms with Gasteiger partial charge in [0, 0.05) is 30.2 Å². The second kappa shape index (κ2) is 10.7. The Morgan fingerprint density at radius 3 is 2.33 bits per heavy atom. The minimum Gasteiger partial charge on any atom is -0.378 e. The van der Waals surface area contributed by atoms with Crippen LogP contribution in [0.3, 0.4) is 0 Å². The van der Waals surface area contributed by atoms with Crippen LogP contribution in [0.15, 0.2) is 55.1 Å². The Bertz CT molecular complexity index is 1520. The SMILES string of the molecule is O=C(Nc1ccc(-n2cnc3c(NC(=O)N4CCOCC4)ncnc32)cc1)Nc1ccc(Cl)c(C(F)(F)F)c1. The third-order valence-corrected chi connectivity index (χ3v) is 6.12. The van der Waals surface area contributed by atoms with Gasteiger partial charge in [0.05, 0.1) is 23.8 Å². The summed E-state index contributed by atoms with van der Waals surface area (Å²) < 4.78 is 46.1. The largest absolute Gasteiger partial charge is 0.417 e. The maximum absolute atomic E-state index is 13.1. The zero-order valence-corrected chi connectivity index (χ0v) is 20.8. The lowest BCUT2D eigenvalue weighted by molar-refractivity contribution is -0.137. The average Bonchev–Trinajstić information content (AvgIpc) is 3.35. The molecule has 202 valence electrons. The monoisotopic (exact) mass is 560 g/mol. The number of aromatic nitrogens is 4. The summed E-state index contributed by atoms with van der Waals surface area (Å²) in [6.45, 7) is 1.88. The molecule has 2 aromatic heterocycles. The van der Waals surface area contributed by atoms with Crippen LogP contribution in [0.4, 0.5) is 40.0 Å². The molecule has 39 heavy (non-hydrogen) atoms. The van der Waals surface area contributed by atoms with E-state index >= 15 is 0 Å². The molecule has 1 saturated heterocycles. The number of alkyl halides is 3. The zero-order chi connectivity index (χ0) is 27.6. The minimum atomic E-state index is -4.65. The fraction of sp³-hybridized carbons (Fsp3) is 0.208. The number of hydrogen-bond acceptors (Lipinski definition) is 6. The Balaban J connectivity index is 1.27. The van der Waals surface area contributed by atoms with Crippen molar-refractivity contribution >= 4 is 52.0 Å². The molecule has 0 aliphatic carbocycles. The number of ether oxygens (including phenoxy) is 1. The standard InChI is InChI=1S/C24H20ClF3N8O3/c25-18-6-3-15(11-17(18)24(26,27)28)33-22(37)32-14-1-4-16(5-2-14)36-13-31-19-20(29-12-30-21(19)36)34-23(38)35-7-9-39-10-8-35/h1-6,11-13H,7-10H2,(H2,32,33,37)(H,29,30,34,38). The van der Waals surface area contributed by atoms with Crippen LogP contribution in [0.25, 0.3) is 16.9 Å². The van der Waals surface area contributed by atoms with Gasteiger partial charge in [-0.2, -0.15) is 13.2 Å². The molecule has 0 saturated carbocycles. The molecule has 0 spiro atoms. The second-order valence-corrected chi connectivity index (χ2v) is 8.76. The lowest BCUT2D eigenvalue weighted by Gasteiger charge is -2.26. The Labute approximate surface area is 223 Å². The molecule has 0 radical (unpaired) electrons. The summed E-state index contributed by atoms with van der Waals surface area (Å²) in [4.78, 5) is 39.3. The van der Waals surface area contributed by atoms with Crippen molar-refractivity contribution in [1.82, 2.24) is 24.4 Å². The van der Waals surface area contributed by atoms with Gasteiger partial charge in [-0.05, 0) is 42.5 Å². The molecule has 0 atom stereocenters. The van der Waals surface area contributed by atoms with Gasteiger partial charge in [-0.1, -0.05) is 11.6 Å². The van der Waals surface area contributed by atoms with Gasteiger partial charge in [-0.15, -0.1) is 0 Å². The van der Waals surface area contributed by atoms with Crippen LogP contribution < -0.4 is 16.0 Å². The van der Waals surface area contributed by atoms with E-state index in [0.717, 1.165) is 12.1 Å². The first-order valence-electron chi connectivity index (χ1n) is 11.6. The number of hydrogen-bond donors (Lipinski definition) is 3. The Hall–Kier alpha value is -4.43. The first-order chi connectivity index (χ1) is 18.7. The number of urea groups is 2. The number of anilines is 3. The van der Waals surface area contributed by atoms with Crippen LogP contribution in [0.1, 0.15) is 5.56 Å². The third kappa shape index (κ3) is 5.86. The van der Waals surface area contributed by atoms with Gasteiger partial charge in [0.25, 0.3) is 0 Å². The molecule has 4 aromatic rings. The predicted octanol–water partition coefficient (Wildman–Crippen LogP) is 5.00. The van der Waals surface area contributed by atoms with Crippen molar-refractivity contribution in [2.24, 2.45) is 0 Å². The van der Waals surface area contributed by atoms with Gasteiger partial charge in [0.15, 0.2) is 17.0 Å². The summed E-state index contributed by atoms with van der Waals surface area (Å²) in [5.41, 5.74) is 0.762. The molecule has 1 fully saturated rings. The molecule has 15 heteroatoms. The highest BCUT2D eigenvalue weighted by Crippen LogP contribution is 2.36. The molecule has 3 heterocycles. The quantitative estimate of drug-likeness (QED) is 0.323. The first kappa shape index (κ1) is 26.2. The highest BCUT2D eigenvalue weighted by atomic mass is 35.5. The van der Waals surface area contributed by atoms with Crippen molar-refractivity contribution in [2.45, 2.75) is 6.18 Å². The summed E-state index contributed by atoms with van der Waals surface area (Å²) in [5, 5.41) is 7.22. The van der Waals surface area contributed by atoms with E-state index in [-0.39, 0.29) is 17.5 Å². The first-order valence-corrected chi connectivity index (χ1v) is 11.9. The van der Waals surface area contributed by atoms with Gasteiger partial charge in [0.2, 0.25) is 0 Å². The molecule has 2 aromatic carbocycles. The molecule has 5 rings (SSSR count). The number of rotatable bonds is 4. The number of benzene rings is 2. The normalized spacial score (nSPS) is 13.8. The smallest absolute Gasteiger partial charge is 0.378 e. The molecule has 0 bridgehead atoms. The average molecular weight is 561 g/mol. The molecule has 1 aliphatic heterocycles. The summed E-state index contributed by atoms with van der Waals surface area (Å²) in [5.74, 6) is 0.265. The van der Waals surface area contributed by atoms with E-state index in [1.807, 2.05) is 0 Å². The van der Waals surface area contributed by atoms with Crippen LogP contribution in [0, 0.1) is 0 Å². The Morgan fingerprint density at radius 2 is 1.62 bits per heavy atom. The van der Waals surface area contributed by atoms with Crippen molar-refractivity contribution in [3.8, 4) is 5.69 Å². The van der Waals surface area contributed by atoms with Crippen LogP contribution in [-0.4, -0.2) is 62.8 Å². The predicted molar refractivity (Wildman–Crippen MR) is 137 cm³/mol. The van der Waals surface area contributed by atoms with E-state index in [1.165, 1.54) is 18.7 Å². The summed E-state index contributed by atoms with van der Waals surface area (Å²) >= 11 is 5.62. The number of fused-ring (bicyclic) bond motifs is 1. The van der Waals surface area contributed by atoms with E-state index in [9.17, 15) is 22.8 Å². The highest BCUT2D eigenvalue weighted by molar-refractivity contribution is 6.31. The summed E-state index contributed by atoms with van der Waals surface area (Å²) in [6.07, 6.45) is -1.81. The molecule has 3 N–H and O–H groups in total. The minimum absolute atomic E-state index is 0.0677. The van der Waals surface area contributed by atoms with Gasteiger partial charge < -0.3 is 20.3 Å². The van der Waals surface area contributed by atoms with E-state index in [0.29, 0.717) is 48.8 Å². The van der Waals surface area contributed by atoms with Gasteiger partial charge in [0.1, 0.15) is 12.7 Å². The molecule has 11 nitrogen and oxygen atoms in total. The number of nitrogens with one attached hydrogen (secondary N) is 3. The maximum atomic E-state index is 13.1. The van der Waals surface area contributed by atoms with Crippen molar-refractivity contribution in [3.05, 3.63) is 65.7 Å². The van der Waals surface area contributed by atoms with Gasteiger partial charge >= 0.3 is 18.2 Å². The van der Waals surface area contributed by atoms with Crippen molar-refractivity contribution < 1.29 is 27.5 Å². The number of carbonyl (C=O) groups excluding carboxylic acids is 2. The van der Waals surface area contributed by atoms with E-state index in [4.69, 9.17) is 16.3 Å². The zero-order valence-electron chi connectivity index (χ0n) is 20.0. The number of carbonyl (C=O) groups is 2. The molecular formula is C24H20ClF3N8O3. The fourth-order valence-electron chi connectivity index (χ4n) is 3.88. The van der Waals surface area contributed by atoms with Crippen molar-refractivity contribution in [2.75, 3.05) is 42.3 Å². The second-order valence-electron chi connectivity index (χ2n) is 8.36. The Morgan fingerprint density at radius 1 is 0.923 bits per heavy atom. The van der Waals surface area contributed by atoms with Crippen LogP contribution in [0.2, 0.25) is 5.02 Å². The number of halogens is 4. The highest BCUT2D eigenvalue weighted by Gasteiger charge is 2.33. The third-order valence-electron chi connectivity index (χ3n) is 5.79. The lowest BCUT2D eigenvalue weighted by atomic mass is 10.2. The number of imidazole rings is 1. The Kier molecular flexibility index (Phi) is 7.21. The summed E-state index contributed by atoms with van der Waals surface area (Å²) in [7, 11) is 0. The van der Waals surface area contributed by atoms with E-state index in [2.05, 4.69) is 30.9 Å². The molecule has 1 aliphatic rings. The van der Waals surface area contributed by atoms with E-state index < -0.39 is 22.8 Å². The van der Waals surface area contributed by atoms with Crippen molar-refractivity contribution in [3.63, 3.8) is 0 Å². The number of morpholine rings is 1.